The molecule has 21 heavy (non-hydrogen) atoms. The van der Waals surface area contributed by atoms with Crippen LogP contribution in [0.4, 0.5) is 0 Å². The molecule has 0 heterocycles. The van der Waals surface area contributed by atoms with E-state index in [2.05, 4.69) is 56.3 Å². The predicted molar refractivity (Wildman–Crippen MR) is 90.6 cm³/mol. The molecule has 112 valence electrons. The largest absolute Gasteiger partial charge is 0.496 e. The molecule has 0 fully saturated rings. The van der Waals surface area contributed by atoms with Crippen molar-refractivity contribution in [3.05, 3.63) is 65.2 Å². The van der Waals surface area contributed by atoms with Crippen molar-refractivity contribution in [2.75, 3.05) is 7.11 Å². The first kappa shape index (κ1) is 15.8. The molecule has 0 aromatic heterocycles. The third-order valence-electron chi connectivity index (χ3n) is 3.59. The number of hydrogen-bond acceptors (Lipinski definition) is 2. The molecule has 2 nitrogen and oxygen atoms in total. The second-order valence-electron chi connectivity index (χ2n) is 5.48. The molecule has 2 aromatic rings. The summed E-state index contributed by atoms with van der Waals surface area (Å²) < 4.78 is 11.5. The van der Waals surface area contributed by atoms with E-state index in [9.17, 15) is 0 Å². The van der Waals surface area contributed by atoms with Crippen LogP contribution in [0.3, 0.4) is 0 Å². The van der Waals surface area contributed by atoms with Crippen LogP contribution in [0.1, 0.15) is 36.5 Å². The molecule has 0 radical (unpaired) electrons. The Hall–Kier alpha value is -1.58. The Labute approximate surface area is 130 Å². The van der Waals surface area contributed by atoms with Gasteiger partial charge in [-0.15, -0.1) is 0 Å². The minimum Gasteiger partial charge on any atom is -0.496 e. The summed E-state index contributed by atoms with van der Waals surface area (Å²) in [6.45, 7) is 5.03. The van der Waals surface area contributed by atoms with Gasteiger partial charge in [-0.25, -0.2) is 0 Å². The lowest BCUT2D eigenvalue weighted by molar-refractivity contribution is 0.310. The molecule has 3 heteroatoms. The number of ether oxygens (including phenoxy) is 1. The van der Waals surface area contributed by atoms with Gasteiger partial charge in [0.05, 0.1) is 13.7 Å². The van der Waals surface area contributed by atoms with Crippen LogP contribution in [0, 0.1) is 0 Å². The second-order valence-corrected chi connectivity index (χ2v) is 6.80. The standard InChI is InChI=1S/C18H24O2Si/c1-14(2)17-11-7-10-16(18(17)19-3)12-20-21-13-15-8-5-4-6-9-15/h4-11,14H,12-13,21H2,1-3H3. The summed E-state index contributed by atoms with van der Waals surface area (Å²) in [5, 5.41) is 0. The fourth-order valence-electron chi connectivity index (χ4n) is 2.44. The fourth-order valence-corrected chi connectivity index (χ4v) is 3.52. The molecule has 0 aliphatic rings. The smallest absolute Gasteiger partial charge is 0.166 e. The van der Waals surface area contributed by atoms with Gasteiger partial charge in [-0.1, -0.05) is 62.4 Å². The van der Waals surface area contributed by atoms with E-state index in [1.165, 1.54) is 11.1 Å². The van der Waals surface area contributed by atoms with Gasteiger partial charge in [-0.2, -0.15) is 0 Å². The Morgan fingerprint density at radius 2 is 1.76 bits per heavy atom. The highest BCUT2D eigenvalue weighted by Crippen LogP contribution is 2.30. The molecule has 0 saturated carbocycles. The molecular weight excluding hydrogens is 276 g/mol. The van der Waals surface area contributed by atoms with Crippen LogP contribution < -0.4 is 4.74 Å². The van der Waals surface area contributed by atoms with E-state index in [-0.39, 0.29) is 0 Å². The third kappa shape index (κ3) is 4.44. The zero-order chi connectivity index (χ0) is 15.1. The molecule has 0 unspecified atom stereocenters. The van der Waals surface area contributed by atoms with Crippen molar-refractivity contribution >= 4 is 9.76 Å². The summed E-state index contributed by atoms with van der Waals surface area (Å²) in [4.78, 5) is 0. The van der Waals surface area contributed by atoms with E-state index < -0.39 is 9.76 Å². The van der Waals surface area contributed by atoms with Crippen LogP contribution in [-0.4, -0.2) is 16.9 Å². The first-order chi connectivity index (χ1) is 10.2. The van der Waals surface area contributed by atoms with Gasteiger partial charge in [0.15, 0.2) is 9.76 Å². The molecular formula is C18H24O2Si. The number of methoxy groups -OCH3 is 1. The minimum absolute atomic E-state index is 0.460. The van der Waals surface area contributed by atoms with Crippen LogP contribution in [-0.2, 0) is 17.1 Å². The quantitative estimate of drug-likeness (QED) is 0.574. The maximum absolute atomic E-state index is 5.96. The highest BCUT2D eigenvalue weighted by Gasteiger charge is 2.11. The van der Waals surface area contributed by atoms with Crippen LogP contribution in [0.5, 0.6) is 5.75 Å². The second kappa shape index (κ2) is 8.01. The van der Waals surface area contributed by atoms with Crippen molar-refractivity contribution in [3.63, 3.8) is 0 Å². The van der Waals surface area contributed by atoms with Crippen molar-refractivity contribution in [1.29, 1.82) is 0 Å². The molecule has 0 saturated heterocycles. The summed E-state index contributed by atoms with van der Waals surface area (Å²) in [5.74, 6) is 1.45. The van der Waals surface area contributed by atoms with Gasteiger partial charge in [0.1, 0.15) is 5.75 Å². The Morgan fingerprint density at radius 1 is 1.00 bits per heavy atom. The lowest BCUT2D eigenvalue weighted by Crippen LogP contribution is -2.06. The first-order valence-electron chi connectivity index (χ1n) is 7.49. The number of rotatable bonds is 7. The van der Waals surface area contributed by atoms with Gasteiger partial charge in [0.25, 0.3) is 0 Å². The molecule has 0 atom stereocenters. The first-order valence-corrected chi connectivity index (χ1v) is 9.07. The Bertz CT molecular complexity index is 552. The molecule has 0 N–H and O–H groups in total. The summed E-state index contributed by atoms with van der Waals surface area (Å²) in [6.07, 6.45) is 0. The fraction of sp³-hybridized carbons (Fsp3) is 0.333. The average molecular weight is 300 g/mol. The predicted octanol–water partition coefficient (Wildman–Crippen LogP) is 3.62. The third-order valence-corrected chi connectivity index (χ3v) is 4.86. The van der Waals surface area contributed by atoms with Crippen LogP contribution >= 0.6 is 0 Å². The molecule has 0 amide bonds. The monoisotopic (exact) mass is 300 g/mol. The zero-order valence-electron chi connectivity index (χ0n) is 13.1. The van der Waals surface area contributed by atoms with Crippen molar-refractivity contribution in [2.24, 2.45) is 0 Å². The highest BCUT2D eigenvalue weighted by molar-refractivity contribution is 6.26. The van der Waals surface area contributed by atoms with Crippen LogP contribution in [0.2, 0.25) is 0 Å². The zero-order valence-corrected chi connectivity index (χ0v) is 14.5. The molecule has 0 bridgehead atoms. The van der Waals surface area contributed by atoms with Crippen molar-refractivity contribution in [2.45, 2.75) is 32.4 Å². The van der Waals surface area contributed by atoms with E-state index >= 15 is 0 Å². The summed E-state index contributed by atoms with van der Waals surface area (Å²) in [6, 6.07) is 17.9. The lowest BCUT2D eigenvalue weighted by Gasteiger charge is -2.16. The van der Waals surface area contributed by atoms with E-state index in [0.717, 1.165) is 17.4 Å². The van der Waals surface area contributed by atoms with E-state index in [1.807, 2.05) is 6.07 Å². The van der Waals surface area contributed by atoms with Crippen molar-refractivity contribution < 1.29 is 9.16 Å². The highest BCUT2D eigenvalue weighted by atomic mass is 28.2. The normalized spacial score (nSPS) is 11.4. The summed E-state index contributed by atoms with van der Waals surface area (Å²) in [5.41, 5.74) is 3.78. The molecule has 2 rings (SSSR count). The Kier molecular flexibility index (Phi) is 6.02. The molecule has 0 spiro atoms. The van der Waals surface area contributed by atoms with Crippen molar-refractivity contribution in [3.8, 4) is 5.75 Å². The van der Waals surface area contributed by atoms with Gasteiger partial charge < -0.3 is 9.16 Å². The topological polar surface area (TPSA) is 18.5 Å². The van der Waals surface area contributed by atoms with Gasteiger partial charge in [0.2, 0.25) is 0 Å². The van der Waals surface area contributed by atoms with Gasteiger partial charge in [-0.05, 0) is 23.1 Å². The van der Waals surface area contributed by atoms with E-state index in [0.29, 0.717) is 12.5 Å². The lowest BCUT2D eigenvalue weighted by atomic mass is 9.99. The molecule has 0 aliphatic carbocycles. The van der Waals surface area contributed by atoms with Crippen LogP contribution in [0.15, 0.2) is 48.5 Å². The minimum atomic E-state index is -0.542. The Morgan fingerprint density at radius 3 is 2.43 bits per heavy atom. The maximum atomic E-state index is 5.96. The van der Waals surface area contributed by atoms with Gasteiger partial charge >= 0.3 is 0 Å². The maximum Gasteiger partial charge on any atom is 0.166 e. The molecule has 0 aliphatic heterocycles. The average Bonchev–Trinajstić information content (AvgIpc) is 2.52. The van der Waals surface area contributed by atoms with E-state index in [1.54, 1.807) is 7.11 Å². The number of para-hydroxylation sites is 1. The van der Waals surface area contributed by atoms with Gasteiger partial charge in [0, 0.05) is 5.56 Å². The van der Waals surface area contributed by atoms with Crippen LogP contribution in [0.25, 0.3) is 0 Å². The number of hydrogen-bond donors (Lipinski definition) is 0. The van der Waals surface area contributed by atoms with Crippen molar-refractivity contribution in [1.82, 2.24) is 0 Å². The van der Waals surface area contributed by atoms with E-state index in [4.69, 9.17) is 9.16 Å². The summed E-state index contributed by atoms with van der Waals surface area (Å²) >= 11 is 0. The number of benzene rings is 2. The summed E-state index contributed by atoms with van der Waals surface area (Å²) in [7, 11) is 1.20. The molecule has 2 aromatic carbocycles. The van der Waals surface area contributed by atoms with Gasteiger partial charge in [-0.3, -0.25) is 0 Å². The Balaban J connectivity index is 1.92. The SMILES string of the molecule is COc1c(CO[SiH2]Cc2ccccc2)cccc1C(C)C.